The first-order valence-electron chi connectivity index (χ1n) is 9.48. The number of piperazine rings is 1. The summed E-state index contributed by atoms with van der Waals surface area (Å²) in [6.45, 7) is 6.99. The number of carbonyl (C=O) groups is 1. The van der Waals surface area contributed by atoms with E-state index in [4.69, 9.17) is 0 Å². The molecule has 3 heterocycles. The molecule has 1 amide bonds. The second-order valence-electron chi connectivity index (χ2n) is 7.50. The summed E-state index contributed by atoms with van der Waals surface area (Å²) in [6, 6.07) is 7.35. The van der Waals surface area contributed by atoms with Crippen molar-refractivity contribution in [2.24, 2.45) is 7.05 Å². The Bertz CT molecular complexity index is 1170. The maximum Gasteiger partial charge on any atom is 0.264 e. The van der Waals surface area contributed by atoms with Crippen LogP contribution in [0.5, 0.6) is 0 Å². The SMILES string of the molecule is Cc1ccc(C)c(S(=O)(=O)N2CCN(C(=O)c3cc4c(C)nn(C)c4s3)CC2)c1. The third-order valence-corrected chi connectivity index (χ3v) is 8.62. The lowest BCUT2D eigenvalue weighted by Crippen LogP contribution is -2.50. The zero-order valence-corrected chi connectivity index (χ0v) is 18.6. The highest BCUT2D eigenvalue weighted by molar-refractivity contribution is 7.89. The van der Waals surface area contributed by atoms with Crippen LogP contribution in [0.15, 0.2) is 29.2 Å². The topological polar surface area (TPSA) is 75.5 Å². The molecule has 2 aromatic heterocycles. The molecule has 154 valence electrons. The first-order chi connectivity index (χ1) is 13.7. The number of amides is 1. The van der Waals surface area contributed by atoms with E-state index in [-0.39, 0.29) is 5.91 Å². The zero-order valence-electron chi connectivity index (χ0n) is 17.0. The number of hydrogen-bond donors (Lipinski definition) is 0. The van der Waals surface area contributed by atoms with Crippen LogP contribution < -0.4 is 0 Å². The van der Waals surface area contributed by atoms with Crippen molar-refractivity contribution in [3.63, 3.8) is 0 Å². The lowest BCUT2D eigenvalue weighted by molar-refractivity contribution is 0.0703. The van der Waals surface area contributed by atoms with Crippen LogP contribution in [0, 0.1) is 20.8 Å². The minimum absolute atomic E-state index is 0.0469. The number of rotatable bonds is 3. The van der Waals surface area contributed by atoms with Gasteiger partial charge in [0, 0.05) is 38.6 Å². The Morgan fingerprint density at radius 3 is 2.41 bits per heavy atom. The van der Waals surface area contributed by atoms with E-state index in [0.717, 1.165) is 27.0 Å². The maximum atomic E-state index is 13.1. The Balaban J connectivity index is 1.50. The van der Waals surface area contributed by atoms with Gasteiger partial charge in [0.15, 0.2) is 0 Å². The van der Waals surface area contributed by atoms with E-state index in [1.807, 2.05) is 46.0 Å². The highest BCUT2D eigenvalue weighted by atomic mass is 32.2. The van der Waals surface area contributed by atoms with Crippen LogP contribution in [0.2, 0.25) is 0 Å². The van der Waals surface area contributed by atoms with E-state index in [1.165, 1.54) is 15.6 Å². The molecule has 1 aliphatic rings. The Kier molecular flexibility index (Phi) is 5.00. The van der Waals surface area contributed by atoms with E-state index >= 15 is 0 Å². The van der Waals surface area contributed by atoms with Gasteiger partial charge in [-0.3, -0.25) is 9.48 Å². The van der Waals surface area contributed by atoms with Gasteiger partial charge in [0.2, 0.25) is 10.0 Å². The van der Waals surface area contributed by atoms with Crippen molar-refractivity contribution in [2.45, 2.75) is 25.7 Å². The standard InChI is InChI=1S/C20H24N4O3S2/c1-13-5-6-14(2)18(11-13)29(26,27)24-9-7-23(8-10-24)19(25)17-12-16-15(3)21-22(4)20(16)28-17/h5-6,11-12H,7-10H2,1-4H3. The van der Waals surface area contributed by atoms with E-state index in [1.54, 1.807) is 15.6 Å². The number of thiophene rings is 1. The van der Waals surface area contributed by atoms with Gasteiger partial charge in [0.05, 0.1) is 15.5 Å². The number of aryl methyl sites for hydroxylation is 4. The Labute approximate surface area is 174 Å². The Hall–Kier alpha value is -2.23. The van der Waals surface area contributed by atoms with E-state index in [2.05, 4.69) is 5.10 Å². The summed E-state index contributed by atoms with van der Waals surface area (Å²) in [7, 11) is -1.69. The molecule has 1 aromatic carbocycles. The molecule has 0 N–H and O–H groups in total. The fraction of sp³-hybridized carbons (Fsp3) is 0.400. The summed E-state index contributed by atoms with van der Waals surface area (Å²) < 4.78 is 29.4. The third kappa shape index (κ3) is 3.47. The van der Waals surface area contributed by atoms with Crippen LogP contribution in [0.25, 0.3) is 10.2 Å². The number of aromatic nitrogens is 2. The molecule has 0 spiro atoms. The van der Waals surface area contributed by atoms with Crippen molar-refractivity contribution in [1.82, 2.24) is 19.0 Å². The summed E-state index contributed by atoms with van der Waals surface area (Å²) in [5, 5.41) is 5.37. The van der Waals surface area contributed by atoms with Crippen LogP contribution in [0.1, 0.15) is 26.5 Å². The van der Waals surface area contributed by atoms with Crippen molar-refractivity contribution in [3.8, 4) is 0 Å². The number of carbonyl (C=O) groups excluding carboxylic acids is 1. The van der Waals surface area contributed by atoms with Crippen LogP contribution in [-0.2, 0) is 17.1 Å². The first kappa shape index (κ1) is 20.1. The van der Waals surface area contributed by atoms with Gasteiger partial charge in [0.1, 0.15) is 4.83 Å². The van der Waals surface area contributed by atoms with Crippen molar-refractivity contribution in [2.75, 3.05) is 26.2 Å². The van der Waals surface area contributed by atoms with E-state index in [9.17, 15) is 13.2 Å². The van der Waals surface area contributed by atoms with Crippen molar-refractivity contribution >= 4 is 37.5 Å². The van der Waals surface area contributed by atoms with Crippen molar-refractivity contribution in [3.05, 3.63) is 46.0 Å². The van der Waals surface area contributed by atoms with Crippen LogP contribution in [-0.4, -0.2) is 59.5 Å². The predicted molar refractivity (Wildman–Crippen MR) is 114 cm³/mol. The number of sulfonamides is 1. The van der Waals surface area contributed by atoms with Crippen LogP contribution >= 0.6 is 11.3 Å². The molecular weight excluding hydrogens is 408 g/mol. The molecule has 0 atom stereocenters. The van der Waals surface area contributed by atoms with Crippen molar-refractivity contribution < 1.29 is 13.2 Å². The highest BCUT2D eigenvalue weighted by Crippen LogP contribution is 2.29. The Morgan fingerprint density at radius 2 is 1.76 bits per heavy atom. The molecule has 0 unspecified atom stereocenters. The average Bonchev–Trinajstić information content (AvgIpc) is 3.24. The van der Waals surface area contributed by atoms with E-state index < -0.39 is 10.0 Å². The number of benzene rings is 1. The molecule has 0 bridgehead atoms. The first-order valence-corrected chi connectivity index (χ1v) is 11.7. The average molecular weight is 433 g/mol. The summed E-state index contributed by atoms with van der Waals surface area (Å²) in [4.78, 5) is 16.7. The molecular formula is C20H24N4O3S2. The van der Waals surface area contributed by atoms with Gasteiger partial charge in [-0.05, 0) is 44.0 Å². The molecule has 9 heteroatoms. The lowest BCUT2D eigenvalue weighted by atomic mass is 10.2. The second kappa shape index (κ2) is 7.23. The second-order valence-corrected chi connectivity index (χ2v) is 10.4. The monoisotopic (exact) mass is 432 g/mol. The molecule has 29 heavy (non-hydrogen) atoms. The normalized spacial score (nSPS) is 15.9. The maximum absolute atomic E-state index is 13.1. The van der Waals surface area contributed by atoms with Gasteiger partial charge >= 0.3 is 0 Å². The summed E-state index contributed by atoms with van der Waals surface area (Å²) in [6.07, 6.45) is 0. The molecule has 0 aliphatic carbocycles. The van der Waals surface area contributed by atoms with Crippen LogP contribution in [0.4, 0.5) is 0 Å². The summed E-state index contributed by atoms with van der Waals surface area (Å²) in [5.41, 5.74) is 2.56. The third-order valence-electron chi connectivity index (χ3n) is 5.39. The molecule has 1 aliphatic heterocycles. The predicted octanol–water partition coefficient (Wildman–Crippen LogP) is 2.71. The minimum Gasteiger partial charge on any atom is -0.335 e. The largest absolute Gasteiger partial charge is 0.335 e. The minimum atomic E-state index is -3.57. The van der Waals surface area contributed by atoms with Gasteiger partial charge in [-0.25, -0.2) is 8.42 Å². The van der Waals surface area contributed by atoms with Gasteiger partial charge in [0.25, 0.3) is 5.91 Å². The number of hydrogen-bond acceptors (Lipinski definition) is 5. The molecule has 1 saturated heterocycles. The molecule has 4 rings (SSSR count). The smallest absolute Gasteiger partial charge is 0.264 e. The number of fused-ring (bicyclic) bond motifs is 1. The van der Waals surface area contributed by atoms with Gasteiger partial charge in [-0.15, -0.1) is 11.3 Å². The van der Waals surface area contributed by atoms with Crippen LogP contribution in [0.3, 0.4) is 0 Å². The summed E-state index contributed by atoms with van der Waals surface area (Å²) in [5.74, 6) is -0.0469. The highest BCUT2D eigenvalue weighted by Gasteiger charge is 2.32. The van der Waals surface area contributed by atoms with Gasteiger partial charge in [-0.1, -0.05) is 12.1 Å². The Morgan fingerprint density at radius 1 is 1.07 bits per heavy atom. The fourth-order valence-electron chi connectivity index (χ4n) is 3.72. The molecule has 3 aromatic rings. The lowest BCUT2D eigenvalue weighted by Gasteiger charge is -2.34. The molecule has 7 nitrogen and oxygen atoms in total. The zero-order chi connectivity index (χ0) is 20.9. The quantitative estimate of drug-likeness (QED) is 0.638. The molecule has 0 radical (unpaired) electrons. The van der Waals surface area contributed by atoms with E-state index in [0.29, 0.717) is 36.0 Å². The summed E-state index contributed by atoms with van der Waals surface area (Å²) >= 11 is 1.43. The molecule has 1 fully saturated rings. The van der Waals surface area contributed by atoms with Crippen molar-refractivity contribution in [1.29, 1.82) is 0 Å². The fourth-order valence-corrected chi connectivity index (χ4v) is 6.55. The number of nitrogens with zero attached hydrogens (tertiary/aromatic N) is 4. The van der Waals surface area contributed by atoms with Gasteiger partial charge < -0.3 is 4.90 Å². The van der Waals surface area contributed by atoms with Gasteiger partial charge in [-0.2, -0.15) is 9.40 Å². The molecule has 0 saturated carbocycles.